The Kier molecular flexibility index (Phi) is 4.40. The Hall–Kier alpha value is -3.87. The van der Waals surface area contributed by atoms with Crippen LogP contribution in [0.4, 0.5) is 5.69 Å². The van der Waals surface area contributed by atoms with Gasteiger partial charge in [-0.05, 0) is 53.3 Å². The van der Waals surface area contributed by atoms with E-state index in [0.29, 0.717) is 5.69 Å². The number of aryl methyl sites for hydroxylation is 1. The number of nitrogens with one attached hydrogen (secondary N) is 1. The van der Waals surface area contributed by atoms with Gasteiger partial charge in [-0.15, -0.1) is 5.10 Å². The molecule has 0 fully saturated rings. The number of anilines is 1. The van der Waals surface area contributed by atoms with Crippen LogP contribution in [0.15, 0.2) is 67.1 Å². The van der Waals surface area contributed by atoms with Gasteiger partial charge in [-0.25, -0.2) is 4.68 Å². The summed E-state index contributed by atoms with van der Waals surface area (Å²) < 4.78 is 1.58. The lowest BCUT2D eigenvalue weighted by Crippen LogP contribution is -2.08. The Morgan fingerprint density at radius 3 is 2.85 bits per heavy atom. The lowest BCUT2D eigenvalue weighted by atomic mass is 10.1. The predicted octanol–water partition coefficient (Wildman–Crippen LogP) is 3.17. The maximum absolute atomic E-state index is 12.3. The van der Waals surface area contributed by atoms with E-state index >= 15 is 0 Å². The molecule has 0 atom stereocenters. The zero-order chi connectivity index (χ0) is 18.6. The minimum Gasteiger partial charge on any atom is -0.323 e. The van der Waals surface area contributed by atoms with Crippen LogP contribution >= 0.6 is 0 Å². The molecule has 1 N–H and O–H groups in total. The van der Waals surface area contributed by atoms with E-state index < -0.39 is 0 Å². The molecule has 2 aromatic heterocycles. The van der Waals surface area contributed by atoms with Crippen molar-refractivity contribution < 1.29 is 4.79 Å². The van der Waals surface area contributed by atoms with Crippen molar-refractivity contribution in [3.8, 4) is 5.69 Å². The quantitative estimate of drug-likeness (QED) is 0.568. The van der Waals surface area contributed by atoms with Crippen LogP contribution in [-0.4, -0.2) is 31.1 Å². The first-order valence-corrected chi connectivity index (χ1v) is 8.37. The number of para-hydroxylation sites is 1. The Labute approximate surface area is 155 Å². The summed E-state index contributed by atoms with van der Waals surface area (Å²) in [5.74, 6) is -0.211. The van der Waals surface area contributed by atoms with E-state index in [1.807, 2.05) is 55.5 Å². The first kappa shape index (κ1) is 16.6. The van der Waals surface area contributed by atoms with Gasteiger partial charge in [-0.2, -0.15) is 0 Å². The van der Waals surface area contributed by atoms with Crippen molar-refractivity contribution in [2.75, 3.05) is 5.32 Å². The average Bonchev–Trinajstić information content (AvgIpc) is 3.21. The molecule has 0 bridgehead atoms. The zero-order valence-corrected chi connectivity index (χ0v) is 14.6. The maximum atomic E-state index is 12.3. The van der Waals surface area contributed by atoms with Crippen molar-refractivity contribution >= 4 is 28.6 Å². The largest absolute Gasteiger partial charge is 0.323 e. The summed E-state index contributed by atoms with van der Waals surface area (Å²) in [5, 5.41) is 15.0. The number of pyridine rings is 1. The standard InChI is InChI=1S/C20H16N6O/c1-14-12-17(8-9-18(14)26-13-22-24-25-26)23-19(27)10-7-16-5-2-4-15-6-3-11-21-20(15)16/h2-13H,1H3,(H,23,27)/b10-7+. The number of carbonyl (C=O) groups is 1. The first-order valence-electron chi connectivity index (χ1n) is 8.37. The fraction of sp³-hybridized carbons (Fsp3) is 0.0500. The van der Waals surface area contributed by atoms with Crippen molar-refractivity contribution in [2.45, 2.75) is 6.92 Å². The molecule has 1 amide bonds. The lowest BCUT2D eigenvalue weighted by Gasteiger charge is -2.08. The molecule has 2 aromatic carbocycles. The lowest BCUT2D eigenvalue weighted by molar-refractivity contribution is -0.111. The number of carbonyl (C=O) groups excluding carboxylic acids is 1. The van der Waals surface area contributed by atoms with Crippen LogP contribution in [0.25, 0.3) is 22.7 Å². The molecule has 0 saturated heterocycles. The second kappa shape index (κ2) is 7.17. The number of fused-ring (bicyclic) bond motifs is 1. The number of hydrogen-bond donors (Lipinski definition) is 1. The summed E-state index contributed by atoms with van der Waals surface area (Å²) in [4.78, 5) is 16.7. The molecule has 2 heterocycles. The highest BCUT2D eigenvalue weighted by Gasteiger charge is 2.05. The van der Waals surface area contributed by atoms with E-state index in [-0.39, 0.29) is 5.91 Å². The molecule has 0 unspecified atom stereocenters. The van der Waals surface area contributed by atoms with Gasteiger partial charge in [0.05, 0.1) is 11.2 Å². The number of benzene rings is 2. The van der Waals surface area contributed by atoms with Crippen molar-refractivity contribution in [3.63, 3.8) is 0 Å². The highest BCUT2D eigenvalue weighted by molar-refractivity contribution is 6.03. The van der Waals surface area contributed by atoms with Crippen molar-refractivity contribution in [3.05, 3.63) is 78.3 Å². The third-order valence-electron chi connectivity index (χ3n) is 4.14. The number of aromatic nitrogens is 5. The van der Waals surface area contributed by atoms with Gasteiger partial charge in [-0.1, -0.05) is 24.3 Å². The SMILES string of the molecule is Cc1cc(NC(=O)/C=C/c2cccc3cccnc23)ccc1-n1cnnn1. The molecule has 0 radical (unpaired) electrons. The summed E-state index contributed by atoms with van der Waals surface area (Å²) in [7, 11) is 0. The van der Waals surface area contributed by atoms with E-state index in [9.17, 15) is 4.79 Å². The average molecular weight is 356 g/mol. The highest BCUT2D eigenvalue weighted by Crippen LogP contribution is 2.19. The van der Waals surface area contributed by atoms with E-state index in [2.05, 4.69) is 25.8 Å². The molecule has 0 aliphatic carbocycles. The highest BCUT2D eigenvalue weighted by atomic mass is 16.1. The van der Waals surface area contributed by atoms with Crippen LogP contribution in [0, 0.1) is 6.92 Å². The molecule has 0 spiro atoms. The van der Waals surface area contributed by atoms with Crippen LogP contribution in [0.5, 0.6) is 0 Å². The van der Waals surface area contributed by atoms with Gasteiger partial charge in [0, 0.05) is 28.9 Å². The van der Waals surface area contributed by atoms with Crippen LogP contribution in [0.3, 0.4) is 0 Å². The fourth-order valence-electron chi connectivity index (χ4n) is 2.87. The number of nitrogens with zero attached hydrogens (tertiary/aromatic N) is 5. The number of amides is 1. The molecule has 27 heavy (non-hydrogen) atoms. The van der Waals surface area contributed by atoms with Gasteiger partial charge in [0.25, 0.3) is 0 Å². The molecule has 7 heteroatoms. The Bertz CT molecular complexity index is 1130. The van der Waals surface area contributed by atoms with Crippen LogP contribution in [0.1, 0.15) is 11.1 Å². The van der Waals surface area contributed by atoms with Gasteiger partial charge >= 0.3 is 0 Å². The van der Waals surface area contributed by atoms with Gasteiger partial charge in [-0.3, -0.25) is 9.78 Å². The second-order valence-corrected chi connectivity index (χ2v) is 6.00. The Morgan fingerprint density at radius 1 is 1.15 bits per heavy atom. The van der Waals surface area contributed by atoms with Gasteiger partial charge in [0.2, 0.25) is 5.91 Å². The summed E-state index contributed by atoms with van der Waals surface area (Å²) in [6.45, 7) is 1.93. The summed E-state index contributed by atoms with van der Waals surface area (Å²) in [5.41, 5.74) is 4.27. The molecule has 0 aliphatic heterocycles. The van der Waals surface area contributed by atoms with Crippen molar-refractivity contribution in [1.29, 1.82) is 0 Å². The molecular weight excluding hydrogens is 340 g/mol. The second-order valence-electron chi connectivity index (χ2n) is 6.00. The third-order valence-corrected chi connectivity index (χ3v) is 4.14. The topological polar surface area (TPSA) is 85.6 Å². The third kappa shape index (κ3) is 3.57. The maximum Gasteiger partial charge on any atom is 0.248 e. The first-order chi connectivity index (χ1) is 13.2. The fourth-order valence-corrected chi connectivity index (χ4v) is 2.87. The Balaban J connectivity index is 1.51. The van der Waals surface area contributed by atoms with E-state index in [1.165, 1.54) is 12.4 Å². The summed E-state index contributed by atoms with van der Waals surface area (Å²) in [6.07, 6.45) is 6.55. The minimum absolute atomic E-state index is 0.211. The van der Waals surface area contributed by atoms with Crippen LogP contribution in [-0.2, 0) is 4.79 Å². The van der Waals surface area contributed by atoms with Crippen LogP contribution in [0.2, 0.25) is 0 Å². The summed E-state index contributed by atoms with van der Waals surface area (Å²) >= 11 is 0. The Morgan fingerprint density at radius 2 is 2.04 bits per heavy atom. The molecule has 132 valence electrons. The van der Waals surface area contributed by atoms with Gasteiger partial charge in [0.15, 0.2) is 0 Å². The summed E-state index contributed by atoms with van der Waals surface area (Å²) in [6, 6.07) is 15.3. The van der Waals surface area contributed by atoms with Gasteiger partial charge in [0.1, 0.15) is 6.33 Å². The van der Waals surface area contributed by atoms with Crippen molar-refractivity contribution in [1.82, 2.24) is 25.2 Å². The molecule has 0 aliphatic rings. The predicted molar refractivity (Wildman–Crippen MR) is 103 cm³/mol. The molecule has 4 rings (SSSR count). The molecule has 7 nitrogen and oxygen atoms in total. The van der Waals surface area contributed by atoms with Crippen LogP contribution < -0.4 is 5.32 Å². The molecule has 0 saturated carbocycles. The minimum atomic E-state index is -0.211. The molecule has 4 aromatic rings. The molecular formula is C20H16N6O. The van der Waals surface area contributed by atoms with E-state index in [4.69, 9.17) is 0 Å². The van der Waals surface area contributed by atoms with E-state index in [1.54, 1.807) is 17.0 Å². The van der Waals surface area contributed by atoms with E-state index in [0.717, 1.165) is 27.7 Å². The number of tetrazole rings is 1. The number of rotatable bonds is 4. The van der Waals surface area contributed by atoms with Gasteiger partial charge < -0.3 is 5.32 Å². The normalized spacial score (nSPS) is 11.1. The zero-order valence-electron chi connectivity index (χ0n) is 14.6. The van der Waals surface area contributed by atoms with Crippen molar-refractivity contribution in [2.24, 2.45) is 0 Å². The monoisotopic (exact) mass is 356 g/mol. The number of hydrogen-bond acceptors (Lipinski definition) is 5. The smallest absolute Gasteiger partial charge is 0.248 e.